The normalized spacial score (nSPS) is 14.7. The first-order chi connectivity index (χ1) is 12.5. The van der Waals surface area contributed by atoms with Crippen molar-refractivity contribution in [3.05, 3.63) is 64.7 Å². The number of hydrogen-bond donors (Lipinski definition) is 0. The molecule has 0 aliphatic carbocycles. The molecule has 2 nitrogen and oxygen atoms in total. The zero-order valence-corrected chi connectivity index (χ0v) is 16.4. The van der Waals surface area contributed by atoms with E-state index in [1.54, 1.807) is 19.1 Å². The van der Waals surface area contributed by atoms with Gasteiger partial charge in [0.2, 0.25) is 0 Å². The zero-order valence-electron chi connectivity index (χ0n) is 15.6. The Morgan fingerprint density at radius 3 is 2.69 bits per heavy atom. The van der Waals surface area contributed by atoms with Gasteiger partial charge in [0.25, 0.3) is 0 Å². The highest BCUT2D eigenvalue weighted by atomic mass is 32.2. The van der Waals surface area contributed by atoms with Crippen LogP contribution in [0.4, 0.5) is 0 Å². The molecule has 134 valence electrons. The average molecular weight is 365 g/mol. The van der Waals surface area contributed by atoms with Crippen LogP contribution in [0.3, 0.4) is 0 Å². The number of rotatable bonds is 3. The van der Waals surface area contributed by atoms with Gasteiger partial charge in [-0.25, -0.2) is 4.79 Å². The first-order valence-corrected chi connectivity index (χ1v) is 10.0. The minimum atomic E-state index is -0.289. The third-order valence-corrected chi connectivity index (χ3v) is 5.89. The van der Waals surface area contributed by atoms with E-state index in [1.165, 1.54) is 28.2 Å². The fourth-order valence-electron chi connectivity index (χ4n) is 3.12. The second kappa shape index (κ2) is 8.01. The molecule has 26 heavy (non-hydrogen) atoms. The Bertz CT molecular complexity index is 854. The van der Waals surface area contributed by atoms with E-state index < -0.39 is 0 Å². The fourth-order valence-corrected chi connectivity index (χ4v) is 4.76. The third-order valence-electron chi connectivity index (χ3n) is 4.71. The minimum absolute atomic E-state index is 0.243. The van der Waals surface area contributed by atoms with Crippen molar-refractivity contribution in [2.75, 3.05) is 12.4 Å². The summed E-state index contributed by atoms with van der Waals surface area (Å²) >= 11 is 1.95. The highest BCUT2D eigenvalue weighted by Gasteiger charge is 2.28. The van der Waals surface area contributed by atoms with Crippen LogP contribution in [0.5, 0.6) is 0 Å². The minimum Gasteiger partial charge on any atom is -0.462 e. The molecule has 0 spiro atoms. The van der Waals surface area contributed by atoms with E-state index in [1.807, 2.05) is 23.9 Å². The number of carbonyl (C=O) groups excluding carboxylic acids is 1. The number of esters is 1. The highest BCUT2D eigenvalue weighted by Crippen LogP contribution is 2.43. The predicted octanol–water partition coefficient (Wildman–Crippen LogP) is 5.23. The molecule has 0 saturated carbocycles. The van der Waals surface area contributed by atoms with Gasteiger partial charge < -0.3 is 4.74 Å². The van der Waals surface area contributed by atoms with Gasteiger partial charge in [-0.2, -0.15) is 0 Å². The summed E-state index contributed by atoms with van der Waals surface area (Å²) in [7, 11) is 0. The van der Waals surface area contributed by atoms with E-state index in [0.29, 0.717) is 12.2 Å². The molecule has 3 heteroatoms. The van der Waals surface area contributed by atoms with Crippen molar-refractivity contribution >= 4 is 17.7 Å². The molecule has 0 radical (unpaired) electrons. The van der Waals surface area contributed by atoms with Gasteiger partial charge in [-0.1, -0.05) is 43.9 Å². The third kappa shape index (κ3) is 4.14. The molecule has 1 heterocycles. The van der Waals surface area contributed by atoms with Gasteiger partial charge in [-0.05, 0) is 59.9 Å². The molecule has 1 aliphatic rings. The molecule has 0 atom stereocenters. The van der Waals surface area contributed by atoms with Crippen LogP contribution in [0.25, 0.3) is 0 Å². The van der Waals surface area contributed by atoms with E-state index >= 15 is 0 Å². The van der Waals surface area contributed by atoms with Crippen LogP contribution in [0.15, 0.2) is 47.4 Å². The Morgan fingerprint density at radius 2 is 1.96 bits per heavy atom. The molecule has 2 aromatic rings. The first kappa shape index (κ1) is 18.6. The molecule has 2 aromatic carbocycles. The Labute approximate surface area is 160 Å². The summed E-state index contributed by atoms with van der Waals surface area (Å²) in [6.07, 6.45) is 1.96. The van der Waals surface area contributed by atoms with Crippen LogP contribution in [-0.4, -0.2) is 18.3 Å². The quantitative estimate of drug-likeness (QED) is 0.551. The SMILES string of the molecule is CCOC(=O)c1ccc(C#CCc2cccc3c2SCCC3(C)C)cc1. The van der Waals surface area contributed by atoms with Crippen molar-refractivity contribution in [2.45, 2.75) is 43.9 Å². The van der Waals surface area contributed by atoms with Crippen LogP contribution in [-0.2, 0) is 16.6 Å². The second-order valence-corrected chi connectivity index (χ2v) is 8.16. The lowest BCUT2D eigenvalue weighted by molar-refractivity contribution is 0.0526. The predicted molar refractivity (Wildman–Crippen MR) is 108 cm³/mol. The van der Waals surface area contributed by atoms with Gasteiger partial charge >= 0.3 is 5.97 Å². The molecule has 0 bridgehead atoms. The van der Waals surface area contributed by atoms with Crippen molar-refractivity contribution in [3.63, 3.8) is 0 Å². The van der Waals surface area contributed by atoms with Crippen molar-refractivity contribution in [1.82, 2.24) is 0 Å². The van der Waals surface area contributed by atoms with Crippen molar-refractivity contribution in [3.8, 4) is 11.8 Å². The maximum Gasteiger partial charge on any atom is 0.338 e. The topological polar surface area (TPSA) is 26.3 Å². The summed E-state index contributed by atoms with van der Waals surface area (Å²) in [5.74, 6) is 7.37. The molecular weight excluding hydrogens is 340 g/mol. The van der Waals surface area contributed by atoms with Crippen LogP contribution < -0.4 is 0 Å². The van der Waals surface area contributed by atoms with Crippen LogP contribution in [0.2, 0.25) is 0 Å². The first-order valence-electron chi connectivity index (χ1n) is 9.02. The van der Waals surface area contributed by atoms with Gasteiger partial charge in [-0.15, -0.1) is 11.8 Å². The van der Waals surface area contributed by atoms with Crippen molar-refractivity contribution in [1.29, 1.82) is 0 Å². The van der Waals surface area contributed by atoms with E-state index in [-0.39, 0.29) is 11.4 Å². The molecule has 0 saturated heterocycles. The maximum absolute atomic E-state index is 11.7. The van der Waals surface area contributed by atoms with E-state index in [9.17, 15) is 4.79 Å². The number of carbonyl (C=O) groups is 1. The van der Waals surface area contributed by atoms with Gasteiger partial charge in [0.1, 0.15) is 0 Å². The van der Waals surface area contributed by atoms with Crippen molar-refractivity contribution in [2.24, 2.45) is 0 Å². The summed E-state index contributed by atoms with van der Waals surface area (Å²) in [6.45, 7) is 6.84. The Morgan fingerprint density at radius 1 is 1.19 bits per heavy atom. The van der Waals surface area contributed by atoms with Crippen LogP contribution in [0.1, 0.15) is 54.2 Å². The lowest BCUT2D eigenvalue weighted by Crippen LogP contribution is -2.23. The summed E-state index contributed by atoms with van der Waals surface area (Å²) in [6, 6.07) is 13.9. The zero-order chi connectivity index (χ0) is 18.6. The van der Waals surface area contributed by atoms with E-state index in [2.05, 4.69) is 43.9 Å². The molecule has 0 fully saturated rings. The number of hydrogen-bond acceptors (Lipinski definition) is 3. The standard InChI is InChI=1S/C23H24O2S/c1-4-25-22(24)19-13-11-17(12-14-19)7-5-8-18-9-6-10-20-21(18)26-16-15-23(20,2)3/h6,9-14H,4,8,15-16H2,1-3H3. The Kier molecular flexibility index (Phi) is 5.74. The Balaban J connectivity index is 1.74. The number of benzene rings is 2. The van der Waals surface area contributed by atoms with Gasteiger partial charge in [0.15, 0.2) is 0 Å². The molecule has 0 N–H and O–H groups in total. The fraction of sp³-hybridized carbons (Fsp3) is 0.348. The smallest absolute Gasteiger partial charge is 0.338 e. The molecule has 1 aliphatic heterocycles. The highest BCUT2D eigenvalue weighted by molar-refractivity contribution is 7.99. The van der Waals surface area contributed by atoms with Crippen LogP contribution in [0, 0.1) is 11.8 Å². The van der Waals surface area contributed by atoms with Gasteiger partial charge in [0, 0.05) is 16.9 Å². The van der Waals surface area contributed by atoms with Crippen molar-refractivity contribution < 1.29 is 9.53 Å². The Hall–Kier alpha value is -2.18. The van der Waals surface area contributed by atoms with Crippen LogP contribution >= 0.6 is 11.8 Å². The second-order valence-electron chi connectivity index (χ2n) is 7.05. The lowest BCUT2D eigenvalue weighted by atomic mass is 9.81. The summed E-state index contributed by atoms with van der Waals surface area (Å²) < 4.78 is 5.00. The molecular formula is C23H24O2S. The molecule has 3 rings (SSSR count). The van der Waals surface area contributed by atoms with Gasteiger partial charge in [-0.3, -0.25) is 0 Å². The summed E-state index contributed by atoms with van der Waals surface area (Å²) in [5.41, 5.74) is 4.49. The maximum atomic E-state index is 11.7. The van der Waals surface area contributed by atoms with E-state index in [0.717, 1.165) is 12.0 Å². The molecule has 0 aromatic heterocycles. The lowest BCUT2D eigenvalue weighted by Gasteiger charge is -2.33. The monoisotopic (exact) mass is 364 g/mol. The molecule has 0 unspecified atom stereocenters. The average Bonchev–Trinajstić information content (AvgIpc) is 2.63. The summed E-state index contributed by atoms with van der Waals surface area (Å²) in [4.78, 5) is 13.1. The van der Waals surface area contributed by atoms with Gasteiger partial charge in [0.05, 0.1) is 12.2 Å². The number of fused-ring (bicyclic) bond motifs is 1. The molecule has 0 amide bonds. The van der Waals surface area contributed by atoms with E-state index in [4.69, 9.17) is 4.74 Å². The summed E-state index contributed by atoms with van der Waals surface area (Å²) in [5, 5.41) is 0. The largest absolute Gasteiger partial charge is 0.462 e. The number of thioether (sulfide) groups is 1. The number of ether oxygens (including phenoxy) is 1.